The molecule has 6 heteroatoms. The third-order valence-electron chi connectivity index (χ3n) is 1.54. The van der Waals surface area contributed by atoms with Crippen LogP contribution in [0.4, 0.5) is 5.82 Å². The van der Waals surface area contributed by atoms with Crippen molar-refractivity contribution in [1.29, 1.82) is 0 Å². The van der Waals surface area contributed by atoms with Crippen molar-refractivity contribution in [3.8, 4) is 0 Å². The van der Waals surface area contributed by atoms with E-state index in [1.807, 2.05) is 5.38 Å². The Labute approximate surface area is 90.0 Å². The average Bonchev–Trinajstić information content (AvgIpc) is 2.67. The first-order valence-electron chi connectivity index (χ1n) is 3.94. The Bertz CT molecular complexity index is 403. The molecule has 0 saturated carbocycles. The molecule has 2 aromatic heterocycles. The number of rotatable bonds is 3. The van der Waals surface area contributed by atoms with Gasteiger partial charge in [-0.2, -0.15) is 0 Å². The van der Waals surface area contributed by atoms with E-state index in [2.05, 4.69) is 20.3 Å². The molecule has 0 aliphatic rings. The molecule has 0 aromatic carbocycles. The summed E-state index contributed by atoms with van der Waals surface area (Å²) >= 11 is 7.30. The van der Waals surface area contributed by atoms with E-state index < -0.39 is 0 Å². The van der Waals surface area contributed by atoms with Crippen LogP contribution in [0, 0.1) is 0 Å². The second-order valence-corrected chi connectivity index (χ2v) is 3.87. The van der Waals surface area contributed by atoms with Gasteiger partial charge in [0.1, 0.15) is 22.3 Å². The summed E-state index contributed by atoms with van der Waals surface area (Å²) in [6.45, 7) is 0.658. The highest BCUT2D eigenvalue weighted by atomic mass is 35.5. The van der Waals surface area contributed by atoms with E-state index in [0.717, 1.165) is 5.01 Å². The van der Waals surface area contributed by atoms with Gasteiger partial charge in [-0.3, -0.25) is 0 Å². The summed E-state index contributed by atoms with van der Waals surface area (Å²) in [7, 11) is 0. The molecule has 0 unspecified atom stereocenters. The van der Waals surface area contributed by atoms with Gasteiger partial charge in [0.15, 0.2) is 0 Å². The molecule has 14 heavy (non-hydrogen) atoms. The zero-order valence-corrected chi connectivity index (χ0v) is 8.72. The maximum Gasteiger partial charge on any atom is 0.134 e. The third-order valence-corrected chi connectivity index (χ3v) is 2.52. The third kappa shape index (κ3) is 2.40. The summed E-state index contributed by atoms with van der Waals surface area (Å²) in [5.41, 5.74) is 0. The minimum atomic E-state index is 0.432. The fourth-order valence-electron chi connectivity index (χ4n) is 0.937. The maximum atomic E-state index is 5.70. The molecule has 0 atom stereocenters. The zero-order chi connectivity index (χ0) is 9.80. The quantitative estimate of drug-likeness (QED) is 0.816. The van der Waals surface area contributed by atoms with Crippen LogP contribution in [0.3, 0.4) is 0 Å². The smallest absolute Gasteiger partial charge is 0.134 e. The van der Waals surface area contributed by atoms with Gasteiger partial charge in [0.05, 0.1) is 6.54 Å². The summed E-state index contributed by atoms with van der Waals surface area (Å²) in [5.74, 6) is 0.709. The minimum Gasteiger partial charge on any atom is -0.363 e. The van der Waals surface area contributed by atoms with E-state index in [-0.39, 0.29) is 0 Å². The van der Waals surface area contributed by atoms with Gasteiger partial charge >= 0.3 is 0 Å². The summed E-state index contributed by atoms with van der Waals surface area (Å²) in [6, 6.07) is 1.68. The van der Waals surface area contributed by atoms with Crippen LogP contribution in [-0.2, 0) is 6.54 Å². The first-order chi connectivity index (χ1) is 6.84. The van der Waals surface area contributed by atoms with Crippen molar-refractivity contribution >= 4 is 28.8 Å². The second kappa shape index (κ2) is 4.34. The lowest BCUT2D eigenvalue weighted by Crippen LogP contribution is -2.00. The van der Waals surface area contributed by atoms with Gasteiger partial charge in [0.2, 0.25) is 0 Å². The fraction of sp³-hybridized carbons (Fsp3) is 0.125. The highest BCUT2D eigenvalue weighted by molar-refractivity contribution is 7.09. The number of hydrogen-bond acceptors (Lipinski definition) is 5. The first kappa shape index (κ1) is 9.36. The Hall–Kier alpha value is -1.20. The monoisotopic (exact) mass is 226 g/mol. The summed E-state index contributed by atoms with van der Waals surface area (Å²) < 4.78 is 0. The highest BCUT2D eigenvalue weighted by Crippen LogP contribution is 2.11. The SMILES string of the molecule is Clc1cc(NCc2nccs2)ncn1. The second-order valence-electron chi connectivity index (χ2n) is 2.51. The van der Waals surface area contributed by atoms with Gasteiger partial charge in [-0.1, -0.05) is 11.6 Å². The van der Waals surface area contributed by atoms with Crippen molar-refractivity contribution in [2.75, 3.05) is 5.32 Å². The summed E-state index contributed by atoms with van der Waals surface area (Å²) in [6.07, 6.45) is 3.20. The molecule has 0 bridgehead atoms. The molecule has 2 rings (SSSR count). The number of aromatic nitrogens is 3. The maximum absolute atomic E-state index is 5.70. The molecule has 2 heterocycles. The normalized spacial score (nSPS) is 10.1. The minimum absolute atomic E-state index is 0.432. The molecule has 1 N–H and O–H groups in total. The Kier molecular flexibility index (Phi) is 2.90. The first-order valence-corrected chi connectivity index (χ1v) is 5.20. The standard InChI is InChI=1S/C8H7ClN4S/c9-6-3-7(13-5-12-6)11-4-8-10-1-2-14-8/h1-3,5H,4H2,(H,11,12,13). The van der Waals surface area contributed by atoms with E-state index >= 15 is 0 Å². The number of nitrogens with one attached hydrogen (secondary N) is 1. The Morgan fingerprint density at radius 3 is 3.00 bits per heavy atom. The molecular weight excluding hydrogens is 220 g/mol. The number of nitrogens with zero attached hydrogens (tertiary/aromatic N) is 3. The molecule has 0 aliphatic carbocycles. The van der Waals surface area contributed by atoms with E-state index in [1.54, 1.807) is 23.6 Å². The van der Waals surface area contributed by atoms with Crippen LogP contribution in [0.1, 0.15) is 5.01 Å². The Morgan fingerprint density at radius 2 is 2.29 bits per heavy atom. The Morgan fingerprint density at radius 1 is 1.36 bits per heavy atom. The van der Waals surface area contributed by atoms with Gasteiger partial charge in [0.25, 0.3) is 0 Å². The molecule has 4 nitrogen and oxygen atoms in total. The van der Waals surface area contributed by atoms with E-state index in [4.69, 9.17) is 11.6 Å². The number of thiazole rings is 1. The predicted molar refractivity (Wildman–Crippen MR) is 56.5 cm³/mol. The van der Waals surface area contributed by atoms with E-state index in [1.165, 1.54) is 6.33 Å². The molecule has 0 aliphatic heterocycles. The van der Waals surface area contributed by atoms with Crippen molar-refractivity contribution in [3.05, 3.63) is 34.1 Å². The highest BCUT2D eigenvalue weighted by Gasteiger charge is 1.97. The molecule has 0 saturated heterocycles. The van der Waals surface area contributed by atoms with Crippen molar-refractivity contribution in [3.63, 3.8) is 0 Å². The zero-order valence-electron chi connectivity index (χ0n) is 7.14. The topological polar surface area (TPSA) is 50.7 Å². The molecule has 72 valence electrons. The lowest BCUT2D eigenvalue weighted by atomic mass is 10.5. The molecule has 2 aromatic rings. The van der Waals surface area contributed by atoms with Crippen molar-refractivity contribution < 1.29 is 0 Å². The lowest BCUT2D eigenvalue weighted by molar-refractivity contribution is 1.06. The van der Waals surface area contributed by atoms with Crippen molar-refractivity contribution in [2.45, 2.75) is 6.54 Å². The molecule has 0 amide bonds. The van der Waals surface area contributed by atoms with Crippen LogP contribution < -0.4 is 5.32 Å². The summed E-state index contributed by atoms with van der Waals surface area (Å²) in [4.78, 5) is 11.9. The van der Waals surface area contributed by atoms with Gasteiger partial charge in [-0.25, -0.2) is 15.0 Å². The van der Waals surface area contributed by atoms with Crippen LogP contribution in [0.15, 0.2) is 24.0 Å². The largest absolute Gasteiger partial charge is 0.363 e. The molecule has 0 spiro atoms. The number of halogens is 1. The van der Waals surface area contributed by atoms with E-state index in [9.17, 15) is 0 Å². The number of anilines is 1. The van der Waals surface area contributed by atoms with Crippen LogP contribution in [0.5, 0.6) is 0 Å². The van der Waals surface area contributed by atoms with Crippen LogP contribution in [0.25, 0.3) is 0 Å². The van der Waals surface area contributed by atoms with Gasteiger partial charge in [-0.05, 0) is 0 Å². The van der Waals surface area contributed by atoms with Crippen molar-refractivity contribution in [2.24, 2.45) is 0 Å². The lowest BCUT2D eigenvalue weighted by Gasteiger charge is -2.01. The molecular formula is C8H7ClN4S. The molecule has 0 fully saturated rings. The van der Waals surface area contributed by atoms with Crippen LogP contribution >= 0.6 is 22.9 Å². The van der Waals surface area contributed by atoms with E-state index in [0.29, 0.717) is 17.5 Å². The fourth-order valence-corrected chi connectivity index (χ4v) is 1.64. The van der Waals surface area contributed by atoms with Gasteiger partial charge in [-0.15, -0.1) is 11.3 Å². The number of hydrogen-bond donors (Lipinski definition) is 1. The predicted octanol–water partition coefficient (Wildman–Crippen LogP) is 2.20. The van der Waals surface area contributed by atoms with Gasteiger partial charge in [0, 0.05) is 17.6 Å². The average molecular weight is 227 g/mol. The van der Waals surface area contributed by atoms with Crippen LogP contribution in [-0.4, -0.2) is 15.0 Å². The Balaban J connectivity index is 1.98. The summed E-state index contributed by atoms with van der Waals surface area (Å²) in [5, 5.41) is 6.48. The van der Waals surface area contributed by atoms with Gasteiger partial charge < -0.3 is 5.32 Å². The van der Waals surface area contributed by atoms with Crippen molar-refractivity contribution in [1.82, 2.24) is 15.0 Å². The molecule has 0 radical (unpaired) electrons. The van der Waals surface area contributed by atoms with Crippen LogP contribution in [0.2, 0.25) is 5.15 Å².